The van der Waals surface area contributed by atoms with Crippen LogP contribution in [0.25, 0.3) is 0 Å². The van der Waals surface area contributed by atoms with Crippen LogP contribution in [0.1, 0.15) is 23.6 Å². The summed E-state index contributed by atoms with van der Waals surface area (Å²) in [6.45, 7) is 0.600. The Bertz CT molecular complexity index is 510. The van der Waals surface area contributed by atoms with Crippen LogP contribution in [0.15, 0.2) is 24.3 Å². The first-order valence-corrected chi connectivity index (χ1v) is 8.33. The highest BCUT2D eigenvalue weighted by Gasteiger charge is 2.33. The van der Waals surface area contributed by atoms with Gasteiger partial charge in [0, 0.05) is 13.2 Å². The molecule has 0 aromatic heterocycles. The molecule has 1 aliphatic rings. The van der Waals surface area contributed by atoms with E-state index in [9.17, 15) is 8.42 Å². The molecule has 0 saturated carbocycles. The zero-order valence-electron chi connectivity index (χ0n) is 11.4. The Morgan fingerprint density at radius 2 is 2.05 bits per heavy atom. The SMILES string of the molecule is CNC(c1ccc(COC)cc1)C1CCS(=O)(=O)C1. The van der Waals surface area contributed by atoms with Gasteiger partial charge in [-0.3, -0.25) is 0 Å². The van der Waals surface area contributed by atoms with Gasteiger partial charge < -0.3 is 10.1 Å². The van der Waals surface area contributed by atoms with Crippen LogP contribution >= 0.6 is 0 Å². The van der Waals surface area contributed by atoms with Crippen molar-refractivity contribution in [1.29, 1.82) is 0 Å². The van der Waals surface area contributed by atoms with Crippen molar-refractivity contribution >= 4 is 9.84 Å². The molecule has 1 aromatic carbocycles. The normalized spacial score (nSPS) is 23.4. The molecule has 19 heavy (non-hydrogen) atoms. The lowest BCUT2D eigenvalue weighted by Crippen LogP contribution is -2.26. The lowest BCUT2D eigenvalue weighted by molar-refractivity contribution is 0.185. The molecule has 1 N–H and O–H groups in total. The van der Waals surface area contributed by atoms with E-state index in [4.69, 9.17) is 4.74 Å². The largest absolute Gasteiger partial charge is 0.380 e. The first kappa shape index (κ1) is 14.5. The third kappa shape index (κ3) is 3.55. The standard InChI is InChI=1S/C14H21NO3S/c1-15-14(13-7-8-19(16,17)10-13)12-5-3-11(4-6-12)9-18-2/h3-6,13-15H,7-10H2,1-2H3. The number of hydrogen-bond acceptors (Lipinski definition) is 4. The van der Waals surface area contributed by atoms with E-state index in [0.29, 0.717) is 18.1 Å². The molecule has 2 rings (SSSR count). The fourth-order valence-corrected chi connectivity index (χ4v) is 4.59. The monoisotopic (exact) mass is 283 g/mol. The maximum Gasteiger partial charge on any atom is 0.150 e. The van der Waals surface area contributed by atoms with Crippen LogP contribution < -0.4 is 5.32 Å². The van der Waals surface area contributed by atoms with Crippen molar-refractivity contribution in [1.82, 2.24) is 5.32 Å². The lowest BCUT2D eigenvalue weighted by Gasteiger charge is -2.22. The summed E-state index contributed by atoms with van der Waals surface area (Å²) in [6, 6.07) is 8.29. The topological polar surface area (TPSA) is 55.4 Å². The second-order valence-corrected chi connectivity index (χ2v) is 7.33. The molecule has 1 saturated heterocycles. The number of hydrogen-bond donors (Lipinski definition) is 1. The summed E-state index contributed by atoms with van der Waals surface area (Å²) in [6.07, 6.45) is 0.744. The van der Waals surface area contributed by atoms with Crippen molar-refractivity contribution in [2.75, 3.05) is 25.7 Å². The molecule has 1 heterocycles. The second-order valence-electron chi connectivity index (χ2n) is 5.10. The molecule has 2 unspecified atom stereocenters. The molecular weight excluding hydrogens is 262 g/mol. The zero-order chi connectivity index (χ0) is 13.9. The molecule has 1 fully saturated rings. The van der Waals surface area contributed by atoms with Gasteiger partial charge in [-0.2, -0.15) is 0 Å². The van der Waals surface area contributed by atoms with Gasteiger partial charge in [-0.1, -0.05) is 24.3 Å². The van der Waals surface area contributed by atoms with Gasteiger partial charge in [-0.15, -0.1) is 0 Å². The van der Waals surface area contributed by atoms with E-state index in [1.807, 2.05) is 19.2 Å². The van der Waals surface area contributed by atoms with Crippen molar-refractivity contribution in [2.24, 2.45) is 5.92 Å². The fourth-order valence-electron chi connectivity index (χ4n) is 2.75. The average Bonchev–Trinajstić information content (AvgIpc) is 2.73. The first-order chi connectivity index (χ1) is 9.05. The van der Waals surface area contributed by atoms with Crippen LogP contribution in [0.5, 0.6) is 0 Å². The maximum absolute atomic E-state index is 11.6. The Hall–Kier alpha value is -0.910. The highest BCUT2D eigenvalue weighted by Crippen LogP contribution is 2.31. The molecule has 0 spiro atoms. The summed E-state index contributed by atoms with van der Waals surface area (Å²) in [5.74, 6) is 0.777. The predicted molar refractivity (Wildman–Crippen MR) is 75.7 cm³/mol. The van der Waals surface area contributed by atoms with Gasteiger partial charge in [0.1, 0.15) is 0 Å². The van der Waals surface area contributed by atoms with E-state index in [0.717, 1.165) is 17.5 Å². The number of rotatable bonds is 5. The molecule has 2 atom stereocenters. The van der Waals surface area contributed by atoms with E-state index >= 15 is 0 Å². The summed E-state index contributed by atoms with van der Waals surface area (Å²) in [7, 11) is 0.727. The minimum absolute atomic E-state index is 0.105. The summed E-state index contributed by atoms with van der Waals surface area (Å²) < 4.78 is 28.3. The number of ether oxygens (including phenoxy) is 1. The quantitative estimate of drug-likeness (QED) is 0.890. The zero-order valence-corrected chi connectivity index (χ0v) is 12.2. The summed E-state index contributed by atoms with van der Waals surface area (Å²) in [5.41, 5.74) is 2.27. The van der Waals surface area contributed by atoms with E-state index in [1.54, 1.807) is 7.11 Å². The molecular formula is C14H21NO3S. The minimum atomic E-state index is -2.84. The van der Waals surface area contributed by atoms with Crippen molar-refractivity contribution in [3.8, 4) is 0 Å². The molecule has 1 aliphatic heterocycles. The highest BCUT2D eigenvalue weighted by atomic mass is 32.2. The van der Waals surface area contributed by atoms with Gasteiger partial charge in [0.25, 0.3) is 0 Å². The molecule has 0 radical (unpaired) electrons. The van der Waals surface area contributed by atoms with Gasteiger partial charge in [0.15, 0.2) is 9.84 Å². The fraction of sp³-hybridized carbons (Fsp3) is 0.571. The van der Waals surface area contributed by atoms with Crippen molar-refractivity contribution in [3.63, 3.8) is 0 Å². The first-order valence-electron chi connectivity index (χ1n) is 6.51. The third-order valence-electron chi connectivity index (χ3n) is 3.70. The molecule has 0 aliphatic carbocycles. The highest BCUT2D eigenvalue weighted by molar-refractivity contribution is 7.91. The van der Waals surface area contributed by atoms with Gasteiger partial charge >= 0.3 is 0 Å². The molecule has 0 bridgehead atoms. The molecule has 5 heteroatoms. The predicted octanol–water partition coefficient (Wildman–Crippen LogP) is 1.53. The number of methoxy groups -OCH3 is 1. The molecule has 106 valence electrons. The van der Waals surface area contributed by atoms with Crippen LogP contribution in [-0.4, -0.2) is 34.1 Å². The molecule has 4 nitrogen and oxygen atoms in total. The maximum atomic E-state index is 11.6. The van der Waals surface area contributed by atoms with Crippen LogP contribution in [0, 0.1) is 5.92 Å². The van der Waals surface area contributed by atoms with Crippen molar-refractivity contribution in [2.45, 2.75) is 19.1 Å². The number of nitrogens with one attached hydrogen (secondary N) is 1. The Balaban J connectivity index is 2.13. The minimum Gasteiger partial charge on any atom is -0.380 e. The Morgan fingerprint density at radius 1 is 1.37 bits per heavy atom. The second kappa shape index (κ2) is 6.03. The summed E-state index contributed by atoms with van der Waals surface area (Å²) in [5, 5.41) is 3.25. The van der Waals surface area contributed by atoms with Crippen LogP contribution in [0.2, 0.25) is 0 Å². The van der Waals surface area contributed by atoms with E-state index in [2.05, 4.69) is 17.4 Å². The Labute approximate surface area is 115 Å². The Morgan fingerprint density at radius 3 is 2.53 bits per heavy atom. The summed E-state index contributed by atoms with van der Waals surface area (Å²) >= 11 is 0. The van der Waals surface area contributed by atoms with E-state index < -0.39 is 9.84 Å². The number of benzene rings is 1. The van der Waals surface area contributed by atoms with E-state index in [-0.39, 0.29) is 12.0 Å². The molecule has 1 aromatic rings. The smallest absolute Gasteiger partial charge is 0.150 e. The number of sulfone groups is 1. The van der Waals surface area contributed by atoms with Gasteiger partial charge in [-0.25, -0.2) is 8.42 Å². The van der Waals surface area contributed by atoms with Gasteiger partial charge in [0.2, 0.25) is 0 Å². The van der Waals surface area contributed by atoms with Crippen LogP contribution in [-0.2, 0) is 21.2 Å². The average molecular weight is 283 g/mol. The van der Waals surface area contributed by atoms with E-state index in [1.165, 1.54) is 0 Å². The molecule has 0 amide bonds. The lowest BCUT2D eigenvalue weighted by atomic mass is 9.92. The van der Waals surface area contributed by atoms with Gasteiger partial charge in [-0.05, 0) is 30.5 Å². The summed E-state index contributed by atoms with van der Waals surface area (Å²) in [4.78, 5) is 0. The van der Waals surface area contributed by atoms with Gasteiger partial charge in [0.05, 0.1) is 18.1 Å². The third-order valence-corrected chi connectivity index (χ3v) is 5.49. The van der Waals surface area contributed by atoms with Crippen molar-refractivity contribution < 1.29 is 13.2 Å². The van der Waals surface area contributed by atoms with Crippen molar-refractivity contribution in [3.05, 3.63) is 35.4 Å². The van der Waals surface area contributed by atoms with Crippen LogP contribution in [0.3, 0.4) is 0 Å². The van der Waals surface area contributed by atoms with Crippen LogP contribution in [0.4, 0.5) is 0 Å². The Kier molecular flexibility index (Phi) is 4.60.